The number of halogens is 1. The highest BCUT2D eigenvalue weighted by molar-refractivity contribution is 14.0. The highest BCUT2D eigenvalue weighted by Crippen LogP contribution is 2.43. The second kappa shape index (κ2) is 10.1. The fourth-order valence-corrected chi connectivity index (χ4v) is 3.86. The fraction of sp³-hybridized carbons (Fsp3) is 0.600. The Morgan fingerprint density at radius 1 is 1.15 bits per heavy atom. The van der Waals surface area contributed by atoms with E-state index < -0.39 is 0 Å². The van der Waals surface area contributed by atoms with Gasteiger partial charge in [-0.15, -0.1) is 24.0 Å². The molecule has 0 spiro atoms. The van der Waals surface area contributed by atoms with Crippen molar-refractivity contribution in [1.82, 2.24) is 15.1 Å². The normalized spacial score (nSPS) is 19.0. The quantitative estimate of drug-likeness (QED) is 0.404. The Bertz CT molecular complexity index is 626. The summed E-state index contributed by atoms with van der Waals surface area (Å²) in [5, 5.41) is 3.59. The lowest BCUT2D eigenvalue weighted by molar-refractivity contribution is 0.0913. The van der Waals surface area contributed by atoms with Crippen molar-refractivity contribution < 1.29 is 9.53 Å². The van der Waals surface area contributed by atoms with Crippen LogP contribution < -0.4 is 5.32 Å². The summed E-state index contributed by atoms with van der Waals surface area (Å²) < 4.78 is 5.09. The maximum absolute atomic E-state index is 11.8. The van der Waals surface area contributed by atoms with Gasteiger partial charge in [-0.05, 0) is 25.3 Å². The van der Waals surface area contributed by atoms with Gasteiger partial charge in [0.2, 0.25) is 0 Å². The van der Waals surface area contributed by atoms with Crippen molar-refractivity contribution in [1.29, 1.82) is 0 Å². The van der Waals surface area contributed by atoms with Gasteiger partial charge in [0.05, 0.1) is 6.61 Å². The van der Waals surface area contributed by atoms with E-state index in [1.807, 2.05) is 14.0 Å². The van der Waals surface area contributed by atoms with Gasteiger partial charge < -0.3 is 19.9 Å². The molecule has 1 aromatic carbocycles. The first-order valence-corrected chi connectivity index (χ1v) is 9.61. The first-order chi connectivity index (χ1) is 12.7. The van der Waals surface area contributed by atoms with Crippen molar-refractivity contribution in [3.8, 4) is 0 Å². The molecule has 1 saturated carbocycles. The van der Waals surface area contributed by atoms with Crippen molar-refractivity contribution in [2.75, 3.05) is 46.4 Å². The van der Waals surface area contributed by atoms with Crippen molar-refractivity contribution in [2.24, 2.45) is 4.99 Å². The van der Waals surface area contributed by atoms with Gasteiger partial charge in [-0.1, -0.05) is 36.8 Å². The summed E-state index contributed by atoms with van der Waals surface area (Å²) in [5.41, 5.74) is 1.64. The monoisotopic (exact) mass is 486 g/mol. The largest absolute Gasteiger partial charge is 0.450 e. The molecule has 27 heavy (non-hydrogen) atoms. The first-order valence-electron chi connectivity index (χ1n) is 9.61. The Kier molecular flexibility index (Phi) is 8.19. The number of hydrogen-bond donors (Lipinski definition) is 1. The molecule has 1 aliphatic carbocycles. The second-order valence-electron chi connectivity index (χ2n) is 7.07. The zero-order valence-corrected chi connectivity index (χ0v) is 18.6. The van der Waals surface area contributed by atoms with Crippen molar-refractivity contribution in [3.63, 3.8) is 0 Å². The van der Waals surface area contributed by atoms with Gasteiger partial charge in [-0.3, -0.25) is 4.99 Å². The molecule has 0 aromatic heterocycles. The van der Waals surface area contributed by atoms with Crippen LogP contribution in [0.5, 0.6) is 0 Å². The molecule has 0 radical (unpaired) electrons. The smallest absolute Gasteiger partial charge is 0.409 e. The van der Waals surface area contributed by atoms with Crippen LogP contribution >= 0.6 is 24.0 Å². The molecular formula is C20H31IN4O2. The van der Waals surface area contributed by atoms with Gasteiger partial charge in [0.15, 0.2) is 5.96 Å². The number of ether oxygens (including phenoxy) is 1. The minimum absolute atomic E-state index is 0. The van der Waals surface area contributed by atoms with E-state index in [4.69, 9.17) is 4.74 Å². The average Bonchev–Trinajstić information content (AvgIpc) is 2.65. The Hall–Kier alpha value is -1.51. The highest BCUT2D eigenvalue weighted by atomic mass is 127. The molecule has 2 aliphatic rings. The number of piperazine rings is 1. The number of nitrogens with one attached hydrogen (secondary N) is 1. The van der Waals surface area contributed by atoms with Crippen LogP contribution in [0.3, 0.4) is 0 Å². The number of nitrogens with zero attached hydrogens (tertiary/aromatic N) is 3. The van der Waals surface area contributed by atoms with E-state index in [-0.39, 0.29) is 35.5 Å². The van der Waals surface area contributed by atoms with Gasteiger partial charge in [-0.25, -0.2) is 4.79 Å². The number of aliphatic imine (C=N–C) groups is 1. The lowest BCUT2D eigenvalue weighted by atomic mass is 9.64. The summed E-state index contributed by atoms with van der Waals surface area (Å²) >= 11 is 0. The Morgan fingerprint density at radius 2 is 1.78 bits per heavy atom. The topological polar surface area (TPSA) is 57.2 Å². The zero-order valence-electron chi connectivity index (χ0n) is 16.3. The van der Waals surface area contributed by atoms with E-state index in [9.17, 15) is 4.79 Å². The summed E-state index contributed by atoms with van der Waals surface area (Å²) in [6.07, 6.45) is 3.51. The second-order valence-corrected chi connectivity index (χ2v) is 7.07. The van der Waals surface area contributed by atoms with Crippen LogP contribution in [-0.2, 0) is 10.2 Å². The SMILES string of the molecule is CCOC(=O)N1CCN(C(=NC)NCC2(c3ccccc3)CCC2)CC1.I. The maximum Gasteiger partial charge on any atom is 0.409 e. The minimum Gasteiger partial charge on any atom is -0.450 e. The molecule has 1 saturated heterocycles. The van der Waals surface area contributed by atoms with Gasteiger partial charge in [0.25, 0.3) is 0 Å². The molecule has 0 unspecified atom stereocenters. The molecule has 1 aliphatic heterocycles. The summed E-state index contributed by atoms with van der Waals surface area (Å²) in [4.78, 5) is 20.3. The summed E-state index contributed by atoms with van der Waals surface area (Å²) in [7, 11) is 1.83. The average molecular weight is 486 g/mol. The van der Waals surface area contributed by atoms with E-state index in [0.29, 0.717) is 19.7 Å². The van der Waals surface area contributed by atoms with Gasteiger partial charge in [-0.2, -0.15) is 0 Å². The summed E-state index contributed by atoms with van der Waals surface area (Å²) in [6.45, 7) is 6.05. The molecule has 1 aromatic rings. The lowest BCUT2D eigenvalue weighted by Gasteiger charge is -2.44. The third kappa shape index (κ3) is 5.06. The molecular weight excluding hydrogens is 455 g/mol. The predicted molar refractivity (Wildman–Crippen MR) is 119 cm³/mol. The maximum atomic E-state index is 11.8. The number of guanidine groups is 1. The Morgan fingerprint density at radius 3 is 2.30 bits per heavy atom. The summed E-state index contributed by atoms with van der Waals surface area (Å²) in [6, 6.07) is 10.8. The third-order valence-corrected chi connectivity index (χ3v) is 5.60. The van der Waals surface area contributed by atoms with Crippen LogP contribution in [-0.4, -0.2) is 68.2 Å². The van der Waals surface area contributed by atoms with Crippen molar-refractivity contribution in [3.05, 3.63) is 35.9 Å². The van der Waals surface area contributed by atoms with Crippen LogP contribution in [0.15, 0.2) is 35.3 Å². The molecule has 1 N–H and O–H groups in total. The van der Waals surface area contributed by atoms with E-state index >= 15 is 0 Å². The lowest BCUT2D eigenvalue weighted by Crippen LogP contribution is -2.56. The molecule has 7 heteroatoms. The van der Waals surface area contributed by atoms with Crippen LogP contribution in [0.4, 0.5) is 4.79 Å². The number of carbonyl (C=O) groups is 1. The molecule has 2 fully saturated rings. The van der Waals surface area contributed by atoms with E-state index in [0.717, 1.165) is 25.6 Å². The van der Waals surface area contributed by atoms with Crippen LogP contribution in [0, 0.1) is 0 Å². The molecule has 6 nitrogen and oxygen atoms in total. The Balaban J connectivity index is 0.00000261. The van der Waals surface area contributed by atoms with E-state index in [1.165, 1.54) is 24.8 Å². The number of carbonyl (C=O) groups excluding carboxylic acids is 1. The third-order valence-electron chi connectivity index (χ3n) is 5.60. The molecule has 150 valence electrons. The molecule has 0 atom stereocenters. The highest BCUT2D eigenvalue weighted by Gasteiger charge is 2.38. The predicted octanol–water partition coefficient (Wildman–Crippen LogP) is 3.08. The fourth-order valence-electron chi connectivity index (χ4n) is 3.86. The zero-order chi connectivity index (χ0) is 18.4. The number of benzene rings is 1. The van der Waals surface area contributed by atoms with Crippen molar-refractivity contribution >= 4 is 36.0 Å². The van der Waals surface area contributed by atoms with E-state index in [1.54, 1.807) is 4.90 Å². The van der Waals surface area contributed by atoms with Crippen LogP contribution in [0.1, 0.15) is 31.7 Å². The minimum atomic E-state index is -0.215. The number of amides is 1. The van der Waals surface area contributed by atoms with E-state index in [2.05, 4.69) is 45.5 Å². The molecule has 0 bridgehead atoms. The number of rotatable bonds is 4. The van der Waals surface area contributed by atoms with Crippen LogP contribution in [0.25, 0.3) is 0 Å². The van der Waals surface area contributed by atoms with Crippen molar-refractivity contribution in [2.45, 2.75) is 31.6 Å². The first kappa shape index (κ1) is 21.8. The van der Waals surface area contributed by atoms with Gasteiger partial charge in [0.1, 0.15) is 0 Å². The molecule has 1 heterocycles. The number of hydrogen-bond acceptors (Lipinski definition) is 3. The summed E-state index contributed by atoms with van der Waals surface area (Å²) in [5.74, 6) is 0.927. The Labute approximate surface area is 179 Å². The van der Waals surface area contributed by atoms with Gasteiger partial charge >= 0.3 is 6.09 Å². The van der Waals surface area contributed by atoms with Crippen LogP contribution in [0.2, 0.25) is 0 Å². The molecule has 1 amide bonds. The standard InChI is InChI=1S/C20H30N4O2.HI/c1-3-26-19(25)24-14-12-23(13-15-24)18(21-2)22-16-20(10-7-11-20)17-8-5-4-6-9-17;/h4-6,8-9H,3,7,10-16H2,1-2H3,(H,21,22);1H. The van der Waals surface area contributed by atoms with Gasteiger partial charge in [0, 0.05) is 45.2 Å². The molecule has 3 rings (SSSR count).